The number of sulfonamides is 1. The van der Waals surface area contributed by atoms with Gasteiger partial charge in [-0.15, -0.1) is 0 Å². The van der Waals surface area contributed by atoms with Gasteiger partial charge in [-0.2, -0.15) is 4.31 Å². The lowest BCUT2D eigenvalue weighted by Crippen LogP contribution is -2.54. The van der Waals surface area contributed by atoms with E-state index >= 15 is 0 Å². The lowest BCUT2D eigenvalue weighted by molar-refractivity contribution is 0.107. The summed E-state index contributed by atoms with van der Waals surface area (Å²) in [7, 11) is -3.75. The van der Waals surface area contributed by atoms with E-state index in [2.05, 4.69) is 24.8 Å². The number of rotatable bonds is 3. The summed E-state index contributed by atoms with van der Waals surface area (Å²) < 4.78 is 41.8. The highest BCUT2D eigenvalue weighted by molar-refractivity contribution is 7.89. The number of halogens is 1. The fraction of sp³-hybridized carbons (Fsp3) is 0.455. The molecule has 0 amide bonds. The number of likely N-dealkylation sites (tertiary alicyclic amines) is 1. The molecule has 0 saturated carbocycles. The first kappa shape index (κ1) is 19.6. The molecule has 0 N–H and O–H groups in total. The second-order valence-corrected chi connectivity index (χ2v) is 10.2. The summed E-state index contributed by atoms with van der Waals surface area (Å²) in [4.78, 5) is 2.48. The first-order valence-electron chi connectivity index (χ1n) is 9.90. The van der Waals surface area contributed by atoms with Crippen LogP contribution >= 0.6 is 0 Å². The van der Waals surface area contributed by atoms with Gasteiger partial charge >= 0.3 is 0 Å². The van der Waals surface area contributed by atoms with E-state index in [0.29, 0.717) is 19.1 Å². The van der Waals surface area contributed by atoms with Gasteiger partial charge in [-0.05, 0) is 69.1 Å². The predicted molar refractivity (Wildman–Crippen MR) is 108 cm³/mol. The monoisotopic (exact) mass is 402 g/mol. The lowest BCUT2D eigenvalue weighted by Gasteiger charge is -2.49. The maximum atomic E-state index is 13.7. The van der Waals surface area contributed by atoms with Crippen molar-refractivity contribution in [3.63, 3.8) is 0 Å². The standard InChI is InChI=1S/C22H27FN2O2S/c1-17(2)24-12-10-22(11-13-24)16-25(15-18-6-3-4-9-21(18)22)28(26,27)20-8-5-7-19(23)14-20/h3-9,14,17H,10-13,15-16H2,1-2H3. The van der Waals surface area contributed by atoms with Crippen LogP contribution in [0.25, 0.3) is 0 Å². The molecule has 1 spiro atoms. The van der Waals surface area contributed by atoms with Crippen LogP contribution in [0, 0.1) is 5.82 Å². The number of nitrogens with zero attached hydrogens (tertiary/aromatic N) is 2. The van der Waals surface area contributed by atoms with Gasteiger partial charge in [-0.1, -0.05) is 30.3 Å². The van der Waals surface area contributed by atoms with Crippen LogP contribution in [-0.2, 0) is 22.0 Å². The van der Waals surface area contributed by atoms with E-state index in [4.69, 9.17) is 0 Å². The number of piperidine rings is 1. The minimum Gasteiger partial charge on any atom is -0.301 e. The predicted octanol–water partition coefficient (Wildman–Crippen LogP) is 3.77. The van der Waals surface area contributed by atoms with Gasteiger partial charge in [0.2, 0.25) is 10.0 Å². The van der Waals surface area contributed by atoms with Gasteiger partial charge in [0.1, 0.15) is 5.82 Å². The largest absolute Gasteiger partial charge is 0.301 e. The lowest BCUT2D eigenvalue weighted by atomic mass is 9.69. The van der Waals surface area contributed by atoms with E-state index in [0.717, 1.165) is 37.6 Å². The highest BCUT2D eigenvalue weighted by atomic mass is 32.2. The zero-order valence-corrected chi connectivity index (χ0v) is 17.3. The highest BCUT2D eigenvalue weighted by Gasteiger charge is 2.45. The van der Waals surface area contributed by atoms with E-state index in [1.807, 2.05) is 18.2 Å². The molecule has 2 heterocycles. The minimum absolute atomic E-state index is 0.0293. The summed E-state index contributed by atoms with van der Waals surface area (Å²) in [5.74, 6) is -0.529. The Kier molecular flexibility index (Phi) is 5.06. The molecule has 0 aliphatic carbocycles. The van der Waals surface area contributed by atoms with Gasteiger partial charge in [0.15, 0.2) is 0 Å². The number of hydrogen-bond acceptors (Lipinski definition) is 3. The van der Waals surface area contributed by atoms with Crippen molar-refractivity contribution >= 4 is 10.0 Å². The first-order chi connectivity index (χ1) is 13.3. The molecule has 28 heavy (non-hydrogen) atoms. The maximum absolute atomic E-state index is 13.7. The molecule has 0 atom stereocenters. The quantitative estimate of drug-likeness (QED) is 0.785. The van der Waals surface area contributed by atoms with Gasteiger partial charge in [-0.25, -0.2) is 12.8 Å². The van der Waals surface area contributed by atoms with Crippen LogP contribution in [0.5, 0.6) is 0 Å². The molecule has 6 heteroatoms. The van der Waals surface area contributed by atoms with Crippen LogP contribution < -0.4 is 0 Å². The zero-order chi connectivity index (χ0) is 19.9. The summed E-state index contributed by atoms with van der Waals surface area (Å²) >= 11 is 0. The van der Waals surface area contributed by atoms with Gasteiger partial charge in [0.25, 0.3) is 0 Å². The molecule has 4 rings (SSSR count). The summed E-state index contributed by atoms with van der Waals surface area (Å²) in [6.45, 7) is 7.11. The Morgan fingerprint density at radius 1 is 1.04 bits per heavy atom. The Balaban J connectivity index is 1.71. The molecule has 1 saturated heterocycles. The third-order valence-corrected chi connectivity index (χ3v) is 8.12. The Morgan fingerprint density at radius 3 is 2.43 bits per heavy atom. The third-order valence-electron chi connectivity index (χ3n) is 6.33. The van der Waals surface area contributed by atoms with Crippen LogP contribution in [-0.4, -0.2) is 43.3 Å². The average molecular weight is 403 g/mol. The number of hydrogen-bond donors (Lipinski definition) is 0. The molecule has 2 aromatic rings. The van der Waals surface area contributed by atoms with Gasteiger partial charge in [0, 0.05) is 24.5 Å². The molecule has 2 aliphatic rings. The second-order valence-electron chi connectivity index (χ2n) is 8.30. The van der Waals surface area contributed by atoms with Crippen LogP contribution in [0.4, 0.5) is 4.39 Å². The van der Waals surface area contributed by atoms with Crippen molar-refractivity contribution in [3.05, 3.63) is 65.5 Å². The molecule has 0 aromatic heterocycles. The molecular weight excluding hydrogens is 375 g/mol. The van der Waals surface area contributed by atoms with Crippen molar-refractivity contribution < 1.29 is 12.8 Å². The molecule has 150 valence electrons. The summed E-state index contributed by atoms with van der Waals surface area (Å²) in [6, 6.07) is 14.0. The van der Waals surface area contributed by atoms with Gasteiger partial charge in [-0.3, -0.25) is 0 Å². The van der Waals surface area contributed by atoms with Crippen molar-refractivity contribution in [2.24, 2.45) is 0 Å². The Labute approximate surface area is 167 Å². The van der Waals surface area contributed by atoms with Crippen LogP contribution in [0.3, 0.4) is 0 Å². The van der Waals surface area contributed by atoms with E-state index in [1.165, 1.54) is 23.8 Å². The van der Waals surface area contributed by atoms with Crippen molar-refractivity contribution in [2.45, 2.75) is 49.6 Å². The van der Waals surface area contributed by atoms with E-state index in [-0.39, 0.29) is 10.3 Å². The molecular formula is C22H27FN2O2S. The van der Waals surface area contributed by atoms with Crippen molar-refractivity contribution in [2.75, 3.05) is 19.6 Å². The van der Waals surface area contributed by atoms with Crippen LogP contribution in [0.1, 0.15) is 37.8 Å². The van der Waals surface area contributed by atoms with E-state index in [1.54, 1.807) is 4.31 Å². The normalized spacial score (nSPS) is 20.4. The molecule has 0 unspecified atom stereocenters. The van der Waals surface area contributed by atoms with Crippen LogP contribution in [0.2, 0.25) is 0 Å². The minimum atomic E-state index is -3.75. The second kappa shape index (κ2) is 7.25. The smallest absolute Gasteiger partial charge is 0.243 e. The fourth-order valence-electron chi connectivity index (χ4n) is 4.69. The fourth-order valence-corrected chi connectivity index (χ4v) is 6.22. The molecule has 2 aliphatic heterocycles. The SMILES string of the molecule is CC(C)N1CCC2(CC1)CN(S(=O)(=O)c1cccc(F)c1)Cc1ccccc12. The summed E-state index contributed by atoms with van der Waals surface area (Å²) in [5.41, 5.74) is 2.16. The molecule has 0 bridgehead atoms. The van der Waals surface area contributed by atoms with Crippen molar-refractivity contribution in [1.29, 1.82) is 0 Å². The molecule has 1 fully saturated rings. The van der Waals surface area contributed by atoms with E-state index in [9.17, 15) is 12.8 Å². The van der Waals surface area contributed by atoms with Gasteiger partial charge in [0.05, 0.1) is 4.90 Å². The topological polar surface area (TPSA) is 40.6 Å². The van der Waals surface area contributed by atoms with E-state index < -0.39 is 15.8 Å². The maximum Gasteiger partial charge on any atom is 0.243 e. The summed E-state index contributed by atoms with van der Waals surface area (Å²) in [5, 5.41) is 0. The van der Waals surface area contributed by atoms with Gasteiger partial charge < -0.3 is 4.90 Å². The van der Waals surface area contributed by atoms with Crippen molar-refractivity contribution in [3.8, 4) is 0 Å². The molecule has 2 aromatic carbocycles. The van der Waals surface area contributed by atoms with Crippen LogP contribution in [0.15, 0.2) is 53.4 Å². The molecule has 4 nitrogen and oxygen atoms in total. The Bertz CT molecular complexity index is 966. The third kappa shape index (κ3) is 3.38. The number of fused-ring (bicyclic) bond motifs is 2. The van der Waals surface area contributed by atoms with Crippen molar-refractivity contribution in [1.82, 2.24) is 9.21 Å². The highest BCUT2D eigenvalue weighted by Crippen LogP contribution is 2.43. The molecule has 0 radical (unpaired) electrons. The zero-order valence-electron chi connectivity index (χ0n) is 16.4. The Hall–Kier alpha value is -1.76. The summed E-state index contributed by atoms with van der Waals surface area (Å²) in [6.07, 6.45) is 1.86. The number of benzene rings is 2. The first-order valence-corrected chi connectivity index (χ1v) is 11.3. The average Bonchev–Trinajstić information content (AvgIpc) is 2.68. The Morgan fingerprint density at radius 2 is 1.75 bits per heavy atom.